The van der Waals surface area contributed by atoms with Crippen molar-refractivity contribution in [3.8, 4) is 28.1 Å². The van der Waals surface area contributed by atoms with E-state index in [4.69, 9.17) is 21.3 Å². The fourth-order valence-electron chi connectivity index (χ4n) is 3.07. The first kappa shape index (κ1) is 18.0. The maximum absolute atomic E-state index is 10.5. The number of carboxylic acids is 1. The molecule has 5 heteroatoms. The fraction of sp³-hybridized carbons (Fsp3) is 0.0435. The average Bonchev–Trinajstić information content (AvgIpc) is 2.72. The van der Waals surface area contributed by atoms with Crippen molar-refractivity contribution >= 4 is 28.5 Å². The lowest BCUT2D eigenvalue weighted by Gasteiger charge is -2.12. The lowest BCUT2D eigenvalue weighted by molar-refractivity contribution is -0.307. The summed E-state index contributed by atoms with van der Waals surface area (Å²) < 4.78 is 5.14. The van der Waals surface area contributed by atoms with Crippen LogP contribution in [0.2, 0.25) is 5.02 Å². The summed E-state index contributed by atoms with van der Waals surface area (Å²) in [5, 5.41) is 12.2. The van der Waals surface area contributed by atoms with Crippen LogP contribution in [0, 0.1) is 0 Å². The van der Waals surface area contributed by atoms with Crippen molar-refractivity contribution < 1.29 is 14.6 Å². The highest BCUT2D eigenvalue weighted by Gasteiger charge is 2.10. The van der Waals surface area contributed by atoms with Crippen LogP contribution in [0.4, 0.5) is 0 Å². The van der Waals surface area contributed by atoms with Crippen LogP contribution in [0.3, 0.4) is 0 Å². The molecule has 138 valence electrons. The van der Waals surface area contributed by atoms with Crippen molar-refractivity contribution in [1.82, 2.24) is 4.98 Å². The number of aliphatic carboxylic acids is 1. The highest BCUT2D eigenvalue weighted by molar-refractivity contribution is 6.31. The molecule has 4 rings (SSSR count). The van der Waals surface area contributed by atoms with Crippen molar-refractivity contribution in [3.05, 3.63) is 83.9 Å². The van der Waals surface area contributed by atoms with Gasteiger partial charge in [0.2, 0.25) is 0 Å². The molecular formula is C23H15ClNO3-. The standard InChI is InChI=1S/C23H16ClNO3/c24-17-8-11-21-20(12-17)19(15-4-2-1-3-5-15)13-22(25-21)16-6-9-18(10-7-16)28-14-23(26)27/h1-13H,14H2,(H,26,27)/p-1. The fourth-order valence-corrected chi connectivity index (χ4v) is 3.24. The van der Waals surface area contributed by atoms with Gasteiger partial charge < -0.3 is 14.6 Å². The number of carbonyl (C=O) groups excluding carboxylic acids is 1. The van der Waals surface area contributed by atoms with Crippen LogP contribution in [-0.2, 0) is 4.79 Å². The summed E-state index contributed by atoms with van der Waals surface area (Å²) in [6.45, 7) is -0.480. The van der Waals surface area contributed by atoms with E-state index >= 15 is 0 Å². The van der Waals surface area contributed by atoms with Crippen LogP contribution in [0.5, 0.6) is 5.75 Å². The van der Waals surface area contributed by atoms with Gasteiger partial charge in [-0.25, -0.2) is 4.98 Å². The van der Waals surface area contributed by atoms with Crippen LogP contribution in [0.25, 0.3) is 33.3 Å². The van der Waals surface area contributed by atoms with E-state index in [0.717, 1.165) is 33.3 Å². The Labute approximate surface area is 167 Å². The van der Waals surface area contributed by atoms with E-state index in [0.29, 0.717) is 10.8 Å². The predicted octanol–water partition coefficient (Wildman–Crippen LogP) is 4.35. The zero-order valence-corrected chi connectivity index (χ0v) is 15.5. The number of nitrogens with zero attached hydrogens (tertiary/aromatic N) is 1. The van der Waals surface area contributed by atoms with Gasteiger partial charge in [0.05, 0.1) is 17.2 Å². The van der Waals surface area contributed by atoms with Gasteiger partial charge in [-0.05, 0) is 59.7 Å². The molecule has 0 aliphatic heterocycles. The van der Waals surface area contributed by atoms with Gasteiger partial charge in [-0.2, -0.15) is 0 Å². The highest BCUT2D eigenvalue weighted by atomic mass is 35.5. The third-order valence-corrected chi connectivity index (χ3v) is 4.60. The first-order chi connectivity index (χ1) is 13.6. The molecule has 0 radical (unpaired) electrons. The van der Waals surface area contributed by atoms with Gasteiger partial charge in [-0.3, -0.25) is 0 Å². The first-order valence-electron chi connectivity index (χ1n) is 8.69. The van der Waals surface area contributed by atoms with Crippen LogP contribution in [0.1, 0.15) is 0 Å². The molecule has 3 aromatic carbocycles. The second kappa shape index (κ2) is 7.71. The first-order valence-corrected chi connectivity index (χ1v) is 9.07. The molecule has 0 fully saturated rings. The van der Waals surface area contributed by atoms with E-state index in [9.17, 15) is 9.90 Å². The number of benzene rings is 3. The number of fused-ring (bicyclic) bond motifs is 1. The van der Waals surface area contributed by atoms with E-state index in [1.54, 1.807) is 12.1 Å². The molecule has 0 N–H and O–H groups in total. The molecule has 0 saturated carbocycles. The minimum atomic E-state index is -1.26. The number of hydrogen-bond donors (Lipinski definition) is 0. The number of pyridine rings is 1. The zero-order valence-electron chi connectivity index (χ0n) is 14.8. The molecule has 0 saturated heterocycles. The Kier molecular flexibility index (Phi) is 4.96. The summed E-state index contributed by atoms with van der Waals surface area (Å²) in [5.41, 5.74) is 4.67. The Hall–Kier alpha value is -3.37. The van der Waals surface area contributed by atoms with E-state index in [-0.39, 0.29) is 0 Å². The van der Waals surface area contributed by atoms with Gasteiger partial charge in [0.1, 0.15) is 12.4 Å². The third-order valence-electron chi connectivity index (χ3n) is 4.36. The molecule has 0 unspecified atom stereocenters. The van der Waals surface area contributed by atoms with Gasteiger partial charge in [0.15, 0.2) is 0 Å². The number of carbonyl (C=O) groups is 1. The molecule has 4 aromatic rings. The molecule has 4 nitrogen and oxygen atoms in total. The largest absolute Gasteiger partial charge is 0.546 e. The molecule has 0 bridgehead atoms. The Morgan fingerprint density at radius 3 is 2.39 bits per heavy atom. The monoisotopic (exact) mass is 388 g/mol. The lowest BCUT2D eigenvalue weighted by Crippen LogP contribution is -2.28. The van der Waals surface area contributed by atoms with Crippen molar-refractivity contribution in [2.24, 2.45) is 0 Å². The minimum absolute atomic E-state index is 0.462. The highest BCUT2D eigenvalue weighted by Crippen LogP contribution is 2.33. The minimum Gasteiger partial charge on any atom is -0.546 e. The normalized spacial score (nSPS) is 10.8. The average molecular weight is 389 g/mol. The molecule has 0 spiro atoms. The quantitative estimate of drug-likeness (QED) is 0.510. The molecule has 1 heterocycles. The Morgan fingerprint density at radius 1 is 0.929 bits per heavy atom. The second-order valence-electron chi connectivity index (χ2n) is 6.27. The number of rotatable bonds is 5. The number of carboxylic acid groups (broad SMARTS) is 1. The van der Waals surface area contributed by atoms with Crippen molar-refractivity contribution in [2.75, 3.05) is 6.61 Å². The van der Waals surface area contributed by atoms with Crippen LogP contribution in [-0.4, -0.2) is 17.6 Å². The summed E-state index contributed by atoms with van der Waals surface area (Å²) >= 11 is 6.22. The van der Waals surface area contributed by atoms with Crippen molar-refractivity contribution in [3.63, 3.8) is 0 Å². The summed E-state index contributed by atoms with van der Waals surface area (Å²) in [7, 11) is 0. The van der Waals surface area contributed by atoms with Gasteiger partial charge in [0, 0.05) is 16.0 Å². The molecule has 0 amide bonds. The Balaban J connectivity index is 1.80. The van der Waals surface area contributed by atoms with Gasteiger partial charge in [0.25, 0.3) is 0 Å². The summed E-state index contributed by atoms with van der Waals surface area (Å²) in [6, 6.07) is 24.9. The maximum Gasteiger partial charge on any atom is 0.128 e. The SMILES string of the molecule is O=C([O-])COc1ccc(-c2cc(-c3ccccc3)c3cc(Cl)ccc3n2)cc1. The van der Waals surface area contributed by atoms with Crippen LogP contribution < -0.4 is 9.84 Å². The molecule has 0 aliphatic rings. The van der Waals surface area contributed by atoms with Gasteiger partial charge >= 0.3 is 0 Å². The summed E-state index contributed by atoms with van der Waals surface area (Å²) in [5.74, 6) is -0.796. The van der Waals surface area contributed by atoms with E-state index in [1.165, 1.54) is 0 Å². The molecule has 0 atom stereocenters. The van der Waals surface area contributed by atoms with E-state index in [2.05, 4.69) is 12.1 Å². The maximum atomic E-state index is 10.5. The number of ether oxygens (including phenoxy) is 1. The van der Waals surface area contributed by atoms with Gasteiger partial charge in [-0.15, -0.1) is 0 Å². The predicted molar refractivity (Wildman–Crippen MR) is 108 cm³/mol. The lowest BCUT2D eigenvalue weighted by atomic mass is 9.98. The van der Waals surface area contributed by atoms with E-state index in [1.807, 2.05) is 54.6 Å². The number of halogens is 1. The zero-order chi connectivity index (χ0) is 19.5. The Bertz CT molecular complexity index is 1140. The van der Waals surface area contributed by atoms with Crippen LogP contribution >= 0.6 is 11.6 Å². The molecular weight excluding hydrogens is 374 g/mol. The van der Waals surface area contributed by atoms with Gasteiger partial charge in [-0.1, -0.05) is 41.9 Å². The second-order valence-corrected chi connectivity index (χ2v) is 6.70. The summed E-state index contributed by atoms with van der Waals surface area (Å²) in [4.78, 5) is 15.3. The third kappa shape index (κ3) is 3.82. The smallest absolute Gasteiger partial charge is 0.128 e. The van der Waals surface area contributed by atoms with Crippen molar-refractivity contribution in [1.29, 1.82) is 0 Å². The van der Waals surface area contributed by atoms with Crippen LogP contribution in [0.15, 0.2) is 78.9 Å². The molecule has 28 heavy (non-hydrogen) atoms. The number of aromatic nitrogens is 1. The Morgan fingerprint density at radius 2 is 1.68 bits per heavy atom. The van der Waals surface area contributed by atoms with Crippen molar-refractivity contribution in [2.45, 2.75) is 0 Å². The van der Waals surface area contributed by atoms with E-state index < -0.39 is 12.6 Å². The topological polar surface area (TPSA) is 62.2 Å². The number of hydrogen-bond acceptors (Lipinski definition) is 4. The molecule has 0 aliphatic carbocycles. The molecule has 1 aromatic heterocycles. The summed E-state index contributed by atoms with van der Waals surface area (Å²) in [6.07, 6.45) is 0.